The van der Waals surface area contributed by atoms with E-state index in [1.807, 2.05) is 37.4 Å². The maximum absolute atomic E-state index is 9.20. The second kappa shape index (κ2) is 7.00. The molecule has 1 aliphatic rings. The number of fused-ring (bicyclic) bond motifs is 1. The SMILES string of the molecule is CNc1nc(-c2cccnc2)nc2c1=CC(c1cccc(C#N)c1)C(C)C=2. The lowest BCUT2D eigenvalue weighted by atomic mass is 9.83. The molecule has 0 bridgehead atoms. The van der Waals surface area contributed by atoms with Crippen molar-refractivity contribution >= 4 is 18.0 Å². The van der Waals surface area contributed by atoms with Crippen LogP contribution in [0, 0.1) is 17.2 Å². The third-order valence-electron chi connectivity index (χ3n) is 4.87. The fourth-order valence-corrected chi connectivity index (χ4v) is 3.49. The van der Waals surface area contributed by atoms with Gasteiger partial charge in [0, 0.05) is 36.1 Å². The second-order valence-corrected chi connectivity index (χ2v) is 6.64. The van der Waals surface area contributed by atoms with E-state index in [1.165, 1.54) is 0 Å². The molecule has 2 aromatic heterocycles. The molecular weight excluding hydrogens is 334 g/mol. The molecule has 4 rings (SSSR count). The van der Waals surface area contributed by atoms with Crippen LogP contribution in [0.4, 0.5) is 5.82 Å². The van der Waals surface area contributed by atoms with Crippen LogP contribution in [0.1, 0.15) is 24.0 Å². The third kappa shape index (κ3) is 3.18. The fraction of sp³-hybridized carbons (Fsp3) is 0.182. The zero-order chi connectivity index (χ0) is 18.8. The predicted molar refractivity (Wildman–Crippen MR) is 106 cm³/mol. The minimum Gasteiger partial charge on any atom is -0.373 e. The van der Waals surface area contributed by atoms with Gasteiger partial charge in [-0.15, -0.1) is 0 Å². The first-order valence-electron chi connectivity index (χ1n) is 8.89. The molecule has 3 aromatic rings. The lowest BCUT2D eigenvalue weighted by Gasteiger charge is -2.22. The predicted octanol–water partition coefficient (Wildman–Crippen LogP) is 2.45. The summed E-state index contributed by atoms with van der Waals surface area (Å²) in [5.74, 6) is 1.88. The lowest BCUT2D eigenvalue weighted by molar-refractivity contribution is 0.689. The van der Waals surface area contributed by atoms with Crippen molar-refractivity contribution in [2.24, 2.45) is 5.92 Å². The lowest BCUT2D eigenvalue weighted by Crippen LogP contribution is -2.37. The van der Waals surface area contributed by atoms with Crippen LogP contribution in [-0.4, -0.2) is 22.0 Å². The molecule has 132 valence electrons. The van der Waals surface area contributed by atoms with Crippen molar-refractivity contribution in [2.45, 2.75) is 12.8 Å². The van der Waals surface area contributed by atoms with Gasteiger partial charge in [0.15, 0.2) is 5.82 Å². The molecule has 27 heavy (non-hydrogen) atoms. The van der Waals surface area contributed by atoms with E-state index in [2.05, 4.69) is 41.5 Å². The summed E-state index contributed by atoms with van der Waals surface area (Å²) in [7, 11) is 1.87. The number of hydrogen-bond donors (Lipinski definition) is 1. The molecule has 2 heterocycles. The van der Waals surface area contributed by atoms with E-state index in [1.54, 1.807) is 12.4 Å². The van der Waals surface area contributed by atoms with E-state index in [-0.39, 0.29) is 11.8 Å². The fourth-order valence-electron chi connectivity index (χ4n) is 3.49. The van der Waals surface area contributed by atoms with Crippen molar-refractivity contribution in [3.63, 3.8) is 0 Å². The first kappa shape index (κ1) is 16.9. The normalized spacial score (nSPS) is 17.8. The number of nitriles is 1. The highest BCUT2D eigenvalue weighted by atomic mass is 15.0. The van der Waals surface area contributed by atoms with E-state index in [4.69, 9.17) is 9.97 Å². The van der Waals surface area contributed by atoms with Crippen LogP contribution < -0.4 is 15.9 Å². The molecular formula is C22H19N5. The van der Waals surface area contributed by atoms with Crippen molar-refractivity contribution in [3.05, 3.63) is 70.5 Å². The van der Waals surface area contributed by atoms with E-state index >= 15 is 0 Å². The molecule has 2 unspecified atom stereocenters. The first-order chi connectivity index (χ1) is 13.2. The van der Waals surface area contributed by atoms with Crippen LogP contribution >= 0.6 is 0 Å². The van der Waals surface area contributed by atoms with Crippen LogP contribution in [0.3, 0.4) is 0 Å². The average molecular weight is 353 g/mol. The van der Waals surface area contributed by atoms with Crippen LogP contribution in [-0.2, 0) is 0 Å². The average Bonchev–Trinajstić information content (AvgIpc) is 2.73. The number of rotatable bonds is 3. The van der Waals surface area contributed by atoms with E-state index < -0.39 is 0 Å². The summed E-state index contributed by atoms with van der Waals surface area (Å²) in [4.78, 5) is 13.6. The van der Waals surface area contributed by atoms with Gasteiger partial charge >= 0.3 is 0 Å². The van der Waals surface area contributed by atoms with E-state index in [9.17, 15) is 5.26 Å². The Balaban J connectivity index is 1.87. The maximum Gasteiger partial charge on any atom is 0.163 e. The van der Waals surface area contributed by atoms with Gasteiger partial charge in [-0.25, -0.2) is 9.97 Å². The number of aromatic nitrogens is 3. The topological polar surface area (TPSA) is 74.5 Å². The van der Waals surface area contributed by atoms with Crippen molar-refractivity contribution in [1.29, 1.82) is 5.26 Å². The second-order valence-electron chi connectivity index (χ2n) is 6.64. The van der Waals surface area contributed by atoms with Gasteiger partial charge in [-0.3, -0.25) is 4.98 Å². The van der Waals surface area contributed by atoms with Crippen molar-refractivity contribution in [1.82, 2.24) is 15.0 Å². The smallest absolute Gasteiger partial charge is 0.163 e. The molecule has 0 amide bonds. The number of pyridine rings is 1. The Labute approximate surface area is 157 Å². The number of anilines is 1. The summed E-state index contributed by atoms with van der Waals surface area (Å²) < 4.78 is 0. The summed E-state index contributed by atoms with van der Waals surface area (Å²) >= 11 is 0. The Hall–Kier alpha value is -3.52. The molecule has 1 aromatic carbocycles. The molecule has 1 aliphatic carbocycles. The zero-order valence-electron chi connectivity index (χ0n) is 15.2. The molecule has 1 N–H and O–H groups in total. The molecule has 0 fully saturated rings. The Morgan fingerprint density at radius 1 is 1.11 bits per heavy atom. The molecule has 5 nitrogen and oxygen atoms in total. The molecule has 0 radical (unpaired) electrons. The minimum atomic E-state index is 0.172. The molecule has 5 heteroatoms. The van der Waals surface area contributed by atoms with Gasteiger partial charge in [-0.1, -0.05) is 31.2 Å². The number of nitrogens with one attached hydrogen (secondary N) is 1. The standard InChI is InChI=1S/C22H19N5/c1-14-9-20-19(11-18(14)16-6-3-5-15(10-16)12-23)22(24-2)27-21(26-20)17-7-4-8-25-13-17/h3-11,13-14,18H,1-2H3,(H,24,26,27). The number of hydrogen-bond acceptors (Lipinski definition) is 5. The van der Waals surface area contributed by atoms with Crippen LogP contribution in [0.2, 0.25) is 0 Å². The summed E-state index contributed by atoms with van der Waals surface area (Å²) in [6.07, 6.45) is 7.90. The van der Waals surface area contributed by atoms with Crippen molar-refractivity contribution in [3.8, 4) is 17.5 Å². The van der Waals surface area contributed by atoms with Crippen molar-refractivity contribution < 1.29 is 0 Å². The molecule has 0 saturated carbocycles. The highest BCUT2D eigenvalue weighted by Gasteiger charge is 2.21. The Kier molecular flexibility index (Phi) is 4.39. The Bertz CT molecular complexity index is 1150. The van der Waals surface area contributed by atoms with Gasteiger partial charge in [0.05, 0.1) is 17.0 Å². The van der Waals surface area contributed by atoms with Crippen LogP contribution in [0.5, 0.6) is 0 Å². The maximum atomic E-state index is 9.20. The van der Waals surface area contributed by atoms with Crippen molar-refractivity contribution in [2.75, 3.05) is 12.4 Å². The van der Waals surface area contributed by atoms with Gasteiger partial charge in [-0.2, -0.15) is 5.26 Å². The summed E-state index contributed by atoms with van der Waals surface area (Å²) in [6, 6.07) is 13.9. The molecule has 2 atom stereocenters. The van der Waals surface area contributed by atoms with Crippen LogP contribution in [0.15, 0.2) is 48.8 Å². The molecule has 0 aliphatic heterocycles. The number of nitrogens with zero attached hydrogens (tertiary/aromatic N) is 4. The highest BCUT2D eigenvalue weighted by Crippen LogP contribution is 2.29. The molecule has 0 saturated heterocycles. The monoisotopic (exact) mass is 353 g/mol. The molecule has 0 spiro atoms. The summed E-state index contributed by atoms with van der Waals surface area (Å²) in [6.45, 7) is 2.17. The van der Waals surface area contributed by atoms with E-state index in [0.29, 0.717) is 11.4 Å². The van der Waals surface area contributed by atoms with E-state index in [0.717, 1.165) is 27.5 Å². The third-order valence-corrected chi connectivity index (χ3v) is 4.87. The first-order valence-corrected chi connectivity index (χ1v) is 8.89. The van der Waals surface area contributed by atoms with Gasteiger partial charge < -0.3 is 5.32 Å². The minimum absolute atomic E-state index is 0.172. The number of benzene rings is 1. The quantitative estimate of drug-likeness (QED) is 0.783. The van der Waals surface area contributed by atoms with Gasteiger partial charge in [-0.05, 0) is 35.7 Å². The van der Waals surface area contributed by atoms with Gasteiger partial charge in [0.1, 0.15) is 5.82 Å². The summed E-state index contributed by atoms with van der Waals surface area (Å²) in [5, 5.41) is 14.3. The largest absolute Gasteiger partial charge is 0.373 e. The van der Waals surface area contributed by atoms with Gasteiger partial charge in [0.2, 0.25) is 0 Å². The zero-order valence-corrected chi connectivity index (χ0v) is 15.2. The van der Waals surface area contributed by atoms with Gasteiger partial charge in [0.25, 0.3) is 0 Å². The Morgan fingerprint density at radius 3 is 2.74 bits per heavy atom. The highest BCUT2D eigenvalue weighted by molar-refractivity contribution is 5.60. The van der Waals surface area contributed by atoms with Crippen LogP contribution in [0.25, 0.3) is 23.5 Å². The Morgan fingerprint density at radius 2 is 2.00 bits per heavy atom. The summed E-state index contributed by atoms with van der Waals surface area (Å²) in [5.41, 5.74) is 2.69.